The Balaban J connectivity index is 1.57. The molecule has 3 aromatic rings. The molecule has 0 aliphatic carbocycles. The highest BCUT2D eigenvalue weighted by Crippen LogP contribution is 2.26. The number of fused-ring (bicyclic) bond motifs is 1. The molecule has 1 unspecified atom stereocenters. The number of nitrogens with one attached hydrogen (secondary N) is 3. The van der Waals surface area contributed by atoms with Crippen molar-refractivity contribution in [2.45, 2.75) is 32.4 Å². The first kappa shape index (κ1) is 23.2. The number of imide groups is 1. The van der Waals surface area contributed by atoms with E-state index < -0.39 is 29.5 Å². The first-order valence-electron chi connectivity index (χ1n) is 10.6. The highest BCUT2D eigenvalue weighted by atomic mass is 19.1. The van der Waals surface area contributed by atoms with E-state index in [0.29, 0.717) is 35.1 Å². The summed E-state index contributed by atoms with van der Waals surface area (Å²) in [5.41, 5.74) is 1.85. The van der Waals surface area contributed by atoms with E-state index in [0.717, 1.165) is 12.1 Å². The number of hydrogen-bond donors (Lipinski definition) is 3. The van der Waals surface area contributed by atoms with Crippen LogP contribution in [0.3, 0.4) is 0 Å². The van der Waals surface area contributed by atoms with Gasteiger partial charge in [0.05, 0.1) is 11.6 Å². The first-order valence-corrected chi connectivity index (χ1v) is 10.6. The Hall–Kier alpha value is -3.92. The molecule has 1 aliphatic rings. The molecule has 0 radical (unpaired) electrons. The summed E-state index contributed by atoms with van der Waals surface area (Å²) in [5, 5.41) is 5.28. The third-order valence-electron chi connectivity index (χ3n) is 6.00. The molecule has 2 heterocycles. The molecule has 34 heavy (non-hydrogen) atoms. The van der Waals surface area contributed by atoms with Gasteiger partial charge in [-0.25, -0.2) is 8.78 Å². The summed E-state index contributed by atoms with van der Waals surface area (Å²) in [6, 6.07) is 6.08. The summed E-state index contributed by atoms with van der Waals surface area (Å²) in [4.78, 5) is 52.4. The Bertz CT molecular complexity index is 1330. The number of rotatable bonds is 6. The SMILES string of the molecule is Cc1c(C(=O)Nc2ccc(C=O)c(CN(C)C3CCC(=O)NC3=O)c2)[nH]c2c(F)cc(F)cc12. The standard InChI is InChI=1S/C24H22F2N4O4/c1-12-17-8-15(25)9-18(26)22(17)29-21(12)24(34)27-16-4-3-13(11-31)14(7-16)10-30(2)19-5-6-20(32)28-23(19)33/h3-4,7-9,11,19,29H,5-6,10H2,1-2H3,(H,27,34)(H,28,32,33). The summed E-state index contributed by atoms with van der Waals surface area (Å²) in [6.07, 6.45) is 1.27. The molecular formula is C24H22F2N4O4. The molecule has 0 spiro atoms. The first-order chi connectivity index (χ1) is 16.2. The van der Waals surface area contributed by atoms with E-state index >= 15 is 0 Å². The van der Waals surface area contributed by atoms with Crippen LogP contribution >= 0.6 is 0 Å². The van der Waals surface area contributed by atoms with Crippen LogP contribution in [0, 0.1) is 18.6 Å². The van der Waals surface area contributed by atoms with Crippen LogP contribution in [0.4, 0.5) is 14.5 Å². The van der Waals surface area contributed by atoms with Crippen molar-refractivity contribution in [3.05, 3.63) is 64.4 Å². The number of carbonyl (C=O) groups is 4. The second kappa shape index (κ2) is 9.14. The summed E-state index contributed by atoms with van der Waals surface area (Å²) >= 11 is 0. The van der Waals surface area contributed by atoms with E-state index in [-0.39, 0.29) is 35.5 Å². The van der Waals surface area contributed by atoms with Crippen LogP contribution in [0.25, 0.3) is 10.9 Å². The van der Waals surface area contributed by atoms with Crippen LogP contribution in [0.2, 0.25) is 0 Å². The number of aromatic nitrogens is 1. The molecule has 0 bridgehead atoms. The summed E-state index contributed by atoms with van der Waals surface area (Å²) in [6.45, 7) is 1.81. The van der Waals surface area contributed by atoms with Gasteiger partial charge in [-0.1, -0.05) is 0 Å². The summed E-state index contributed by atoms with van der Waals surface area (Å²) in [7, 11) is 1.71. The number of aromatic amines is 1. The van der Waals surface area contributed by atoms with Crippen LogP contribution in [0.15, 0.2) is 30.3 Å². The molecule has 4 rings (SSSR count). The number of aldehydes is 1. The van der Waals surface area contributed by atoms with Gasteiger partial charge in [0, 0.05) is 35.7 Å². The van der Waals surface area contributed by atoms with Crippen molar-refractivity contribution in [1.29, 1.82) is 0 Å². The van der Waals surface area contributed by atoms with Gasteiger partial charge in [0.15, 0.2) is 0 Å². The number of halogens is 2. The number of H-pyrrole nitrogens is 1. The van der Waals surface area contributed by atoms with E-state index in [1.54, 1.807) is 37.1 Å². The Kier molecular flexibility index (Phi) is 6.25. The lowest BCUT2D eigenvalue weighted by molar-refractivity contribution is -0.137. The second-order valence-electron chi connectivity index (χ2n) is 8.30. The molecule has 1 aliphatic heterocycles. The molecule has 3 N–H and O–H groups in total. The molecule has 2 aromatic carbocycles. The molecule has 3 amide bonds. The largest absolute Gasteiger partial charge is 0.348 e. The van der Waals surface area contributed by atoms with Crippen molar-refractivity contribution >= 4 is 40.6 Å². The molecule has 10 heteroatoms. The van der Waals surface area contributed by atoms with E-state index in [1.165, 1.54) is 0 Å². The van der Waals surface area contributed by atoms with Crippen molar-refractivity contribution in [1.82, 2.24) is 15.2 Å². The number of hydrogen-bond acceptors (Lipinski definition) is 5. The maximum atomic E-state index is 14.1. The van der Waals surface area contributed by atoms with E-state index in [9.17, 15) is 28.0 Å². The van der Waals surface area contributed by atoms with Gasteiger partial charge in [0.1, 0.15) is 23.6 Å². The Morgan fingerprint density at radius 1 is 1.24 bits per heavy atom. The molecule has 0 saturated carbocycles. The lowest BCUT2D eigenvalue weighted by Gasteiger charge is -2.30. The zero-order valence-corrected chi connectivity index (χ0v) is 18.5. The quantitative estimate of drug-likeness (QED) is 0.380. The Morgan fingerprint density at radius 3 is 2.71 bits per heavy atom. The van der Waals surface area contributed by atoms with Crippen LogP contribution in [-0.4, -0.2) is 47.0 Å². The minimum absolute atomic E-state index is 0.0342. The average Bonchev–Trinajstić information content (AvgIpc) is 3.11. The highest BCUT2D eigenvalue weighted by Gasteiger charge is 2.30. The smallest absolute Gasteiger partial charge is 0.272 e. The van der Waals surface area contributed by atoms with Crippen molar-refractivity contribution in [2.75, 3.05) is 12.4 Å². The van der Waals surface area contributed by atoms with Crippen molar-refractivity contribution in [3.63, 3.8) is 0 Å². The van der Waals surface area contributed by atoms with E-state index in [4.69, 9.17) is 0 Å². The molecule has 1 aromatic heterocycles. The van der Waals surface area contributed by atoms with E-state index in [1.807, 2.05) is 0 Å². The van der Waals surface area contributed by atoms with Crippen LogP contribution in [-0.2, 0) is 16.1 Å². The summed E-state index contributed by atoms with van der Waals surface area (Å²) in [5.74, 6) is -2.81. The minimum atomic E-state index is -0.800. The Labute approximate surface area is 193 Å². The molecule has 176 valence electrons. The number of benzene rings is 2. The van der Waals surface area contributed by atoms with Gasteiger partial charge in [0.25, 0.3) is 5.91 Å². The molecule has 8 nitrogen and oxygen atoms in total. The van der Waals surface area contributed by atoms with Crippen molar-refractivity contribution in [3.8, 4) is 0 Å². The minimum Gasteiger partial charge on any atom is -0.348 e. The fraction of sp³-hybridized carbons (Fsp3) is 0.250. The fourth-order valence-corrected chi connectivity index (χ4v) is 4.19. The topological polar surface area (TPSA) is 111 Å². The van der Waals surface area contributed by atoms with Gasteiger partial charge in [-0.15, -0.1) is 0 Å². The highest BCUT2D eigenvalue weighted by molar-refractivity contribution is 6.08. The normalized spacial score (nSPS) is 16.1. The number of aryl methyl sites for hydroxylation is 1. The molecule has 1 saturated heterocycles. The maximum absolute atomic E-state index is 14.1. The van der Waals surface area contributed by atoms with Gasteiger partial charge in [-0.05, 0) is 55.8 Å². The lowest BCUT2D eigenvalue weighted by atomic mass is 10.0. The third kappa shape index (κ3) is 4.44. The third-order valence-corrected chi connectivity index (χ3v) is 6.00. The monoisotopic (exact) mass is 468 g/mol. The number of piperidine rings is 1. The molecule has 1 fully saturated rings. The second-order valence-corrected chi connectivity index (χ2v) is 8.30. The predicted octanol–water partition coefficient (Wildman–Crippen LogP) is 3.06. The van der Waals surface area contributed by atoms with Gasteiger partial charge in [-0.2, -0.15) is 0 Å². The van der Waals surface area contributed by atoms with E-state index in [2.05, 4.69) is 15.6 Å². The summed E-state index contributed by atoms with van der Waals surface area (Å²) < 4.78 is 27.7. The van der Waals surface area contributed by atoms with Crippen LogP contribution < -0.4 is 10.6 Å². The maximum Gasteiger partial charge on any atom is 0.272 e. The van der Waals surface area contributed by atoms with Crippen molar-refractivity contribution < 1.29 is 28.0 Å². The lowest BCUT2D eigenvalue weighted by Crippen LogP contribution is -2.51. The number of likely N-dealkylation sites (N-methyl/N-ethyl adjacent to an activating group) is 1. The van der Waals surface area contributed by atoms with Crippen LogP contribution in [0.5, 0.6) is 0 Å². The number of nitrogens with zero attached hydrogens (tertiary/aromatic N) is 1. The molecular weight excluding hydrogens is 446 g/mol. The van der Waals surface area contributed by atoms with Gasteiger partial charge in [0.2, 0.25) is 11.8 Å². The fourth-order valence-electron chi connectivity index (χ4n) is 4.19. The van der Waals surface area contributed by atoms with Gasteiger partial charge < -0.3 is 10.3 Å². The number of anilines is 1. The van der Waals surface area contributed by atoms with Crippen molar-refractivity contribution in [2.24, 2.45) is 0 Å². The van der Waals surface area contributed by atoms with Crippen LogP contribution in [0.1, 0.15) is 44.8 Å². The number of carbonyl (C=O) groups excluding carboxylic acids is 4. The molecule has 1 atom stereocenters. The Morgan fingerprint density at radius 2 is 2.00 bits per heavy atom. The van der Waals surface area contributed by atoms with Gasteiger partial charge >= 0.3 is 0 Å². The predicted molar refractivity (Wildman–Crippen MR) is 120 cm³/mol. The zero-order chi connectivity index (χ0) is 24.6. The number of amides is 3. The van der Waals surface area contributed by atoms with Gasteiger partial charge in [-0.3, -0.25) is 29.4 Å². The zero-order valence-electron chi connectivity index (χ0n) is 18.5. The average molecular weight is 468 g/mol.